The third-order valence-electron chi connectivity index (χ3n) is 4.11. The number of nitrogens with zero attached hydrogens (tertiary/aromatic N) is 5. The van der Waals surface area contributed by atoms with Crippen LogP contribution < -0.4 is 5.32 Å². The van der Waals surface area contributed by atoms with E-state index in [0.29, 0.717) is 5.00 Å². The molecule has 7 nitrogen and oxygen atoms in total. The number of urea groups is 1. The van der Waals surface area contributed by atoms with E-state index in [1.165, 1.54) is 18.0 Å². The second-order valence-electron chi connectivity index (χ2n) is 5.51. The van der Waals surface area contributed by atoms with Crippen LogP contribution in [-0.2, 0) is 6.54 Å². The molecule has 3 rings (SSSR count). The number of amides is 2. The number of aromatic nitrogens is 4. The van der Waals surface area contributed by atoms with Crippen LogP contribution in [0.5, 0.6) is 0 Å². The monoisotopic (exact) mass is 320 g/mol. The van der Waals surface area contributed by atoms with Crippen molar-refractivity contribution in [3.8, 4) is 0 Å². The van der Waals surface area contributed by atoms with E-state index in [9.17, 15) is 4.79 Å². The van der Waals surface area contributed by atoms with Crippen molar-refractivity contribution >= 4 is 22.6 Å². The zero-order chi connectivity index (χ0) is 15.4. The van der Waals surface area contributed by atoms with Crippen LogP contribution in [-0.4, -0.2) is 42.7 Å². The fraction of sp³-hybridized carbons (Fsp3) is 0.571. The van der Waals surface area contributed by atoms with Gasteiger partial charge in [-0.1, -0.05) is 4.49 Å². The molecular weight excluding hydrogens is 300 g/mol. The molecule has 1 aliphatic heterocycles. The summed E-state index contributed by atoms with van der Waals surface area (Å²) in [5.41, 5.74) is 0. The average Bonchev–Trinajstić information content (AvgIpc) is 3.17. The Balaban J connectivity index is 1.60. The quantitative estimate of drug-likeness (QED) is 0.939. The summed E-state index contributed by atoms with van der Waals surface area (Å²) in [6.45, 7) is 3.70. The molecule has 0 bridgehead atoms. The number of hydrogen-bond donors (Lipinski definition) is 1. The Morgan fingerprint density at radius 3 is 3.14 bits per heavy atom. The van der Waals surface area contributed by atoms with Gasteiger partial charge >= 0.3 is 6.03 Å². The van der Waals surface area contributed by atoms with Gasteiger partial charge in [-0.15, -0.1) is 5.10 Å². The van der Waals surface area contributed by atoms with E-state index in [2.05, 4.69) is 24.5 Å². The molecule has 1 saturated heterocycles. The minimum atomic E-state index is -0.0434. The Morgan fingerprint density at radius 1 is 1.50 bits per heavy atom. The lowest BCUT2D eigenvalue weighted by atomic mass is 10.00. The van der Waals surface area contributed by atoms with Gasteiger partial charge in [0.1, 0.15) is 10.8 Å². The van der Waals surface area contributed by atoms with Crippen molar-refractivity contribution in [2.45, 2.75) is 45.2 Å². The number of imidazole rings is 1. The lowest BCUT2D eigenvalue weighted by molar-refractivity contribution is 0.155. The predicted molar refractivity (Wildman–Crippen MR) is 84.9 cm³/mol. The summed E-state index contributed by atoms with van der Waals surface area (Å²) < 4.78 is 5.90. The highest BCUT2D eigenvalue weighted by Crippen LogP contribution is 2.22. The molecule has 1 N–H and O–H groups in total. The molecule has 1 atom stereocenters. The summed E-state index contributed by atoms with van der Waals surface area (Å²) in [7, 11) is 0. The first-order chi connectivity index (χ1) is 10.7. The Hall–Kier alpha value is -1.96. The highest BCUT2D eigenvalue weighted by molar-refractivity contribution is 7.10. The van der Waals surface area contributed by atoms with Gasteiger partial charge < -0.3 is 9.47 Å². The maximum absolute atomic E-state index is 12.5. The van der Waals surface area contributed by atoms with Crippen LogP contribution in [0.15, 0.2) is 18.6 Å². The lowest BCUT2D eigenvalue weighted by Crippen LogP contribution is -2.46. The van der Waals surface area contributed by atoms with Gasteiger partial charge in [-0.3, -0.25) is 5.32 Å². The highest BCUT2D eigenvalue weighted by atomic mass is 32.1. The van der Waals surface area contributed by atoms with Crippen LogP contribution in [0, 0.1) is 6.92 Å². The lowest BCUT2D eigenvalue weighted by Gasteiger charge is -2.35. The molecule has 0 aromatic carbocycles. The summed E-state index contributed by atoms with van der Waals surface area (Å²) in [4.78, 5) is 18.6. The van der Waals surface area contributed by atoms with E-state index in [1.807, 2.05) is 24.2 Å². The average molecular weight is 320 g/mol. The molecule has 2 amide bonds. The Morgan fingerprint density at radius 2 is 2.41 bits per heavy atom. The molecule has 2 aromatic rings. The molecule has 3 heterocycles. The van der Waals surface area contributed by atoms with E-state index in [1.54, 1.807) is 6.20 Å². The van der Waals surface area contributed by atoms with Crippen molar-refractivity contribution in [3.05, 3.63) is 24.4 Å². The zero-order valence-electron chi connectivity index (χ0n) is 12.6. The number of piperidine rings is 1. The van der Waals surface area contributed by atoms with Crippen molar-refractivity contribution < 1.29 is 4.79 Å². The number of rotatable bonds is 4. The smallest absolute Gasteiger partial charge is 0.322 e. The van der Waals surface area contributed by atoms with Gasteiger partial charge in [-0.05, 0) is 32.6 Å². The first-order valence-electron chi connectivity index (χ1n) is 7.57. The minimum Gasteiger partial charge on any atom is -0.335 e. The first-order valence-corrected chi connectivity index (χ1v) is 8.34. The molecule has 0 unspecified atom stereocenters. The SMILES string of the molecule is Cc1nccn1CC[C@H]1CCCCN1C(=O)Nc1cnns1. The van der Waals surface area contributed by atoms with Gasteiger partial charge in [0.05, 0.1) is 6.20 Å². The van der Waals surface area contributed by atoms with Crippen LogP contribution in [0.4, 0.5) is 9.80 Å². The molecule has 8 heteroatoms. The third kappa shape index (κ3) is 3.44. The van der Waals surface area contributed by atoms with Gasteiger partial charge in [0.25, 0.3) is 0 Å². The van der Waals surface area contributed by atoms with Gasteiger partial charge in [-0.25, -0.2) is 9.78 Å². The number of carbonyl (C=O) groups excluding carboxylic acids is 1. The molecule has 1 aliphatic rings. The Bertz CT molecular complexity index is 611. The highest BCUT2D eigenvalue weighted by Gasteiger charge is 2.26. The van der Waals surface area contributed by atoms with Crippen molar-refractivity contribution in [2.24, 2.45) is 0 Å². The summed E-state index contributed by atoms with van der Waals surface area (Å²) in [6.07, 6.45) is 9.64. The van der Waals surface area contributed by atoms with Crippen LogP contribution >= 0.6 is 11.5 Å². The van der Waals surface area contributed by atoms with Crippen molar-refractivity contribution in [1.29, 1.82) is 0 Å². The first kappa shape index (κ1) is 15.0. The third-order valence-corrected chi connectivity index (χ3v) is 4.69. The molecule has 2 aromatic heterocycles. The standard InChI is InChI=1S/C14H20N6OS/c1-11-15-6-9-19(11)8-5-12-4-2-3-7-20(12)14(21)17-13-10-16-18-22-13/h6,9-10,12H,2-5,7-8H2,1H3,(H,17,21)/t12-/m1/s1. The van der Waals surface area contributed by atoms with Crippen LogP contribution in [0.2, 0.25) is 0 Å². The molecule has 1 fully saturated rings. The summed E-state index contributed by atoms with van der Waals surface area (Å²) in [5, 5.41) is 7.33. The van der Waals surface area contributed by atoms with E-state index < -0.39 is 0 Å². The largest absolute Gasteiger partial charge is 0.335 e. The second-order valence-corrected chi connectivity index (χ2v) is 6.30. The molecule has 22 heavy (non-hydrogen) atoms. The summed E-state index contributed by atoms with van der Waals surface area (Å²) in [6, 6.07) is 0.231. The maximum Gasteiger partial charge on any atom is 0.322 e. The number of anilines is 1. The van der Waals surface area contributed by atoms with Gasteiger partial charge in [-0.2, -0.15) is 0 Å². The maximum atomic E-state index is 12.5. The number of likely N-dealkylation sites (tertiary alicyclic amines) is 1. The van der Waals surface area contributed by atoms with Crippen molar-refractivity contribution in [2.75, 3.05) is 11.9 Å². The van der Waals surface area contributed by atoms with E-state index >= 15 is 0 Å². The fourth-order valence-corrected chi connectivity index (χ4v) is 3.31. The van der Waals surface area contributed by atoms with Gasteiger partial charge in [0.15, 0.2) is 0 Å². The fourth-order valence-electron chi connectivity index (χ4n) is 2.90. The van der Waals surface area contributed by atoms with Gasteiger partial charge in [0, 0.05) is 43.1 Å². The summed E-state index contributed by atoms with van der Waals surface area (Å²) in [5.74, 6) is 1.02. The normalized spacial score (nSPS) is 18.4. The molecule has 0 saturated carbocycles. The molecule has 0 spiro atoms. The number of hydrogen-bond acceptors (Lipinski definition) is 5. The van der Waals surface area contributed by atoms with Gasteiger partial charge in [0.2, 0.25) is 0 Å². The number of carbonyl (C=O) groups is 1. The predicted octanol–water partition coefficient (Wildman–Crippen LogP) is 2.52. The van der Waals surface area contributed by atoms with E-state index in [0.717, 1.165) is 38.2 Å². The van der Waals surface area contributed by atoms with Crippen molar-refractivity contribution in [1.82, 2.24) is 24.0 Å². The summed E-state index contributed by atoms with van der Waals surface area (Å²) >= 11 is 1.20. The van der Waals surface area contributed by atoms with Crippen LogP contribution in [0.25, 0.3) is 0 Å². The molecule has 0 radical (unpaired) electrons. The zero-order valence-corrected chi connectivity index (χ0v) is 13.4. The Kier molecular flexibility index (Phi) is 4.67. The van der Waals surface area contributed by atoms with E-state index in [-0.39, 0.29) is 12.1 Å². The van der Waals surface area contributed by atoms with Crippen LogP contribution in [0.1, 0.15) is 31.5 Å². The molecular formula is C14H20N6OS. The number of aryl methyl sites for hydroxylation is 2. The molecule has 118 valence electrons. The van der Waals surface area contributed by atoms with Crippen molar-refractivity contribution in [3.63, 3.8) is 0 Å². The van der Waals surface area contributed by atoms with E-state index in [4.69, 9.17) is 0 Å². The second kappa shape index (κ2) is 6.87. The topological polar surface area (TPSA) is 75.9 Å². The van der Waals surface area contributed by atoms with Crippen LogP contribution in [0.3, 0.4) is 0 Å². The number of nitrogens with one attached hydrogen (secondary N) is 1. The molecule has 0 aliphatic carbocycles. The minimum absolute atomic E-state index is 0.0434. The Labute approximate surface area is 133 Å².